The number of anilines is 2. The van der Waals surface area contributed by atoms with E-state index in [9.17, 15) is 0 Å². The fraction of sp³-hybridized carbons (Fsp3) is 0.133. The van der Waals surface area contributed by atoms with Gasteiger partial charge in [-0.05, 0) is 42.3 Å². The first-order valence-corrected chi connectivity index (χ1v) is 7.25. The fourth-order valence-electron chi connectivity index (χ4n) is 1.86. The van der Waals surface area contributed by atoms with Crippen molar-refractivity contribution in [3.8, 4) is 0 Å². The van der Waals surface area contributed by atoms with Gasteiger partial charge in [-0.25, -0.2) is 0 Å². The summed E-state index contributed by atoms with van der Waals surface area (Å²) in [6.07, 6.45) is 1.01. The van der Waals surface area contributed by atoms with Gasteiger partial charge in [0, 0.05) is 21.4 Å². The van der Waals surface area contributed by atoms with Crippen molar-refractivity contribution in [3.63, 3.8) is 0 Å². The Morgan fingerprint density at radius 3 is 2.74 bits per heavy atom. The van der Waals surface area contributed by atoms with Crippen molar-refractivity contribution in [3.05, 3.63) is 58.1 Å². The zero-order valence-electron chi connectivity index (χ0n) is 10.6. The molecule has 2 aromatic carbocycles. The summed E-state index contributed by atoms with van der Waals surface area (Å²) in [5.74, 6) is 0. The molecule has 2 nitrogen and oxygen atoms in total. The number of benzene rings is 2. The molecule has 2 rings (SSSR count). The van der Waals surface area contributed by atoms with Crippen molar-refractivity contribution in [1.82, 2.24) is 0 Å². The highest BCUT2D eigenvalue weighted by molar-refractivity contribution is 9.10. The minimum absolute atomic E-state index is 0.390. The van der Waals surface area contributed by atoms with Gasteiger partial charge in [-0.15, -0.1) is 0 Å². The average Bonchev–Trinajstić information content (AvgIpc) is 2.38. The third kappa shape index (κ3) is 3.55. The van der Waals surface area contributed by atoms with E-state index in [1.165, 1.54) is 5.56 Å². The van der Waals surface area contributed by atoms with E-state index < -0.39 is 0 Å². The van der Waals surface area contributed by atoms with E-state index >= 15 is 0 Å². The summed E-state index contributed by atoms with van der Waals surface area (Å²) in [5, 5.41) is 3.37. The molecule has 4 heteroatoms. The Hall–Kier alpha value is -1.39. The maximum absolute atomic E-state index is 5.75. The normalized spacial score (nSPS) is 10.2. The van der Waals surface area contributed by atoms with Gasteiger partial charge in [0.15, 0.2) is 0 Å². The van der Waals surface area contributed by atoms with Crippen LogP contribution in [0.15, 0.2) is 46.9 Å². The zero-order valence-corrected chi connectivity index (χ0v) is 13.0. The number of thiocarbonyl (C=S) groups is 1. The minimum atomic E-state index is 0.390. The molecular formula is C15H15BrN2S. The predicted molar refractivity (Wildman–Crippen MR) is 89.1 cm³/mol. The van der Waals surface area contributed by atoms with E-state index in [0.29, 0.717) is 4.99 Å². The number of hydrogen-bond donors (Lipinski definition) is 2. The van der Waals surface area contributed by atoms with E-state index in [-0.39, 0.29) is 0 Å². The van der Waals surface area contributed by atoms with Gasteiger partial charge in [0.25, 0.3) is 0 Å². The molecular weight excluding hydrogens is 320 g/mol. The van der Waals surface area contributed by atoms with Crippen LogP contribution in [0, 0.1) is 0 Å². The van der Waals surface area contributed by atoms with Gasteiger partial charge in [-0.2, -0.15) is 0 Å². The van der Waals surface area contributed by atoms with Crippen molar-refractivity contribution >= 4 is 44.5 Å². The molecule has 0 aliphatic rings. The Bertz CT molecular complexity index is 611. The van der Waals surface area contributed by atoms with Crippen molar-refractivity contribution < 1.29 is 0 Å². The Kier molecular flexibility index (Phi) is 4.56. The van der Waals surface area contributed by atoms with Crippen LogP contribution in [0.3, 0.4) is 0 Å². The van der Waals surface area contributed by atoms with Crippen molar-refractivity contribution in [2.45, 2.75) is 13.3 Å². The van der Waals surface area contributed by atoms with E-state index in [1.54, 1.807) is 0 Å². The molecule has 0 radical (unpaired) electrons. The lowest BCUT2D eigenvalue weighted by molar-refractivity contribution is 1.14. The lowest BCUT2D eigenvalue weighted by atomic mass is 10.1. The molecule has 0 unspecified atom stereocenters. The van der Waals surface area contributed by atoms with Gasteiger partial charge >= 0.3 is 0 Å². The quantitative estimate of drug-likeness (QED) is 0.814. The molecule has 0 spiro atoms. The molecule has 0 saturated carbocycles. The molecule has 19 heavy (non-hydrogen) atoms. The second kappa shape index (κ2) is 6.17. The Morgan fingerprint density at radius 1 is 1.26 bits per heavy atom. The molecule has 3 N–H and O–H groups in total. The molecule has 0 fully saturated rings. The number of hydrogen-bond acceptors (Lipinski definition) is 2. The molecule has 0 heterocycles. The lowest BCUT2D eigenvalue weighted by Crippen LogP contribution is -2.11. The highest BCUT2D eigenvalue weighted by Crippen LogP contribution is 2.25. The molecule has 98 valence electrons. The first-order chi connectivity index (χ1) is 9.10. The zero-order chi connectivity index (χ0) is 13.8. The molecule has 2 aromatic rings. The van der Waals surface area contributed by atoms with Gasteiger partial charge in [0.2, 0.25) is 0 Å². The molecule has 0 aliphatic heterocycles. The van der Waals surface area contributed by atoms with Crippen LogP contribution < -0.4 is 11.1 Å². The topological polar surface area (TPSA) is 38.0 Å². The number of rotatable bonds is 4. The van der Waals surface area contributed by atoms with Gasteiger partial charge < -0.3 is 11.1 Å². The molecule has 0 aromatic heterocycles. The number of nitrogens with one attached hydrogen (secondary N) is 1. The van der Waals surface area contributed by atoms with E-state index in [4.69, 9.17) is 18.0 Å². The first kappa shape index (κ1) is 14.0. The van der Waals surface area contributed by atoms with Crippen molar-refractivity contribution in [1.29, 1.82) is 0 Å². The standard InChI is InChI=1S/C15H15BrN2S/c1-2-10-4-3-5-12(8-10)18-14-9-11(16)6-7-13(14)15(17)19/h3-9,18H,2H2,1H3,(H2,17,19). The van der Waals surface area contributed by atoms with Gasteiger partial charge in [-0.1, -0.05) is 47.2 Å². The van der Waals surface area contributed by atoms with Crippen LogP contribution in [0.5, 0.6) is 0 Å². The average molecular weight is 335 g/mol. The van der Waals surface area contributed by atoms with Crippen LogP contribution >= 0.6 is 28.1 Å². The second-order valence-electron chi connectivity index (χ2n) is 4.23. The van der Waals surface area contributed by atoms with E-state index in [2.05, 4.69) is 40.3 Å². The van der Waals surface area contributed by atoms with Crippen LogP contribution in [0.25, 0.3) is 0 Å². The molecule has 0 saturated heterocycles. The summed E-state index contributed by atoms with van der Waals surface area (Å²) in [5.41, 5.74) is 9.84. The lowest BCUT2D eigenvalue weighted by Gasteiger charge is -2.12. The minimum Gasteiger partial charge on any atom is -0.389 e. The van der Waals surface area contributed by atoms with Crippen LogP contribution in [0.1, 0.15) is 18.1 Å². The second-order valence-corrected chi connectivity index (χ2v) is 5.59. The van der Waals surface area contributed by atoms with Crippen LogP contribution in [-0.4, -0.2) is 4.99 Å². The predicted octanol–water partition coefficient (Wildman–Crippen LogP) is 4.39. The van der Waals surface area contributed by atoms with Crippen molar-refractivity contribution in [2.75, 3.05) is 5.32 Å². The third-order valence-corrected chi connectivity index (χ3v) is 3.57. The van der Waals surface area contributed by atoms with Gasteiger partial charge in [0.1, 0.15) is 4.99 Å². The third-order valence-electron chi connectivity index (χ3n) is 2.86. The summed E-state index contributed by atoms with van der Waals surface area (Å²) in [6, 6.07) is 14.1. The summed E-state index contributed by atoms with van der Waals surface area (Å²) in [6.45, 7) is 2.14. The van der Waals surface area contributed by atoms with E-state index in [1.807, 2.05) is 30.3 Å². The van der Waals surface area contributed by atoms with Gasteiger partial charge in [-0.3, -0.25) is 0 Å². The van der Waals surface area contributed by atoms with Gasteiger partial charge in [0.05, 0.1) is 0 Å². The molecule has 0 aliphatic carbocycles. The Balaban J connectivity index is 2.36. The van der Waals surface area contributed by atoms with Crippen LogP contribution in [0.4, 0.5) is 11.4 Å². The summed E-state index contributed by atoms with van der Waals surface area (Å²) < 4.78 is 0.988. The maximum Gasteiger partial charge on any atom is 0.106 e. The highest BCUT2D eigenvalue weighted by Gasteiger charge is 2.06. The maximum atomic E-state index is 5.75. The summed E-state index contributed by atoms with van der Waals surface area (Å²) in [7, 11) is 0. The Labute approximate surface area is 127 Å². The summed E-state index contributed by atoms with van der Waals surface area (Å²) in [4.78, 5) is 0.390. The van der Waals surface area contributed by atoms with Crippen molar-refractivity contribution in [2.24, 2.45) is 5.73 Å². The SMILES string of the molecule is CCc1cccc(Nc2cc(Br)ccc2C(N)=S)c1. The largest absolute Gasteiger partial charge is 0.389 e. The number of aryl methyl sites for hydroxylation is 1. The van der Waals surface area contributed by atoms with E-state index in [0.717, 1.165) is 27.8 Å². The molecule has 0 amide bonds. The Morgan fingerprint density at radius 2 is 2.05 bits per heavy atom. The number of nitrogens with two attached hydrogens (primary N) is 1. The monoisotopic (exact) mass is 334 g/mol. The van der Waals surface area contributed by atoms with Crippen LogP contribution in [-0.2, 0) is 6.42 Å². The number of halogens is 1. The summed E-state index contributed by atoms with van der Waals surface area (Å²) >= 11 is 8.54. The highest BCUT2D eigenvalue weighted by atomic mass is 79.9. The molecule has 0 bridgehead atoms. The smallest absolute Gasteiger partial charge is 0.106 e. The molecule has 0 atom stereocenters. The van der Waals surface area contributed by atoms with Crippen LogP contribution in [0.2, 0.25) is 0 Å². The fourth-order valence-corrected chi connectivity index (χ4v) is 2.40. The first-order valence-electron chi connectivity index (χ1n) is 6.05.